The molecule has 4 aromatic rings. The van der Waals surface area contributed by atoms with E-state index in [2.05, 4.69) is 29.1 Å². The summed E-state index contributed by atoms with van der Waals surface area (Å²) in [6.45, 7) is 11.0. The summed E-state index contributed by atoms with van der Waals surface area (Å²) in [6.07, 6.45) is -1.71. The Bertz CT molecular complexity index is 1380. The number of hydrogen-bond acceptors (Lipinski definition) is 8. The quantitative estimate of drug-likeness (QED) is 0.332. The molecule has 0 aliphatic heterocycles. The average molecular weight is 521 g/mol. The summed E-state index contributed by atoms with van der Waals surface area (Å²) in [5.74, 6) is -1.56. The number of hydrogen-bond donors (Lipinski definition) is 2. The van der Waals surface area contributed by atoms with Crippen LogP contribution in [0.2, 0.25) is 0 Å². The minimum Gasteiger partial charge on any atom is -0.477 e. The second-order valence-corrected chi connectivity index (χ2v) is 8.20. The summed E-state index contributed by atoms with van der Waals surface area (Å²) in [5, 5.41) is 15.3. The molecule has 0 unspecified atom stereocenters. The molecule has 0 atom stereocenters. The number of nitrogens with zero attached hydrogens (tertiary/aromatic N) is 5. The number of carboxylic acids is 1. The molecule has 0 radical (unpaired) electrons. The molecule has 0 aliphatic rings. The molecule has 4 rings (SSSR count). The number of fused-ring (bicyclic) bond motifs is 1. The number of halogens is 3. The van der Waals surface area contributed by atoms with Gasteiger partial charge in [-0.25, -0.2) is 19.7 Å². The van der Waals surface area contributed by atoms with E-state index >= 15 is 0 Å². The van der Waals surface area contributed by atoms with E-state index in [9.17, 15) is 13.2 Å². The summed E-state index contributed by atoms with van der Waals surface area (Å²) < 4.78 is 45.0. The Morgan fingerprint density at radius 2 is 1.97 bits per heavy atom. The van der Waals surface area contributed by atoms with Crippen molar-refractivity contribution in [2.45, 2.75) is 53.4 Å². The summed E-state index contributed by atoms with van der Waals surface area (Å²) in [4.78, 5) is 22.6. The van der Waals surface area contributed by atoms with E-state index in [0.717, 1.165) is 39.4 Å². The maximum atomic E-state index is 10.6. The van der Waals surface area contributed by atoms with E-state index in [1.807, 2.05) is 43.7 Å². The lowest BCUT2D eigenvalue weighted by molar-refractivity contribution is -0.192. The molecule has 4 aromatic heterocycles. The van der Waals surface area contributed by atoms with Gasteiger partial charge in [-0.1, -0.05) is 0 Å². The Morgan fingerprint density at radius 3 is 2.54 bits per heavy atom. The molecular weight excluding hydrogens is 493 g/mol. The molecule has 2 N–H and O–H groups in total. The Kier molecular flexibility index (Phi) is 8.35. The van der Waals surface area contributed by atoms with Crippen LogP contribution in [0.3, 0.4) is 0 Å². The third-order valence-corrected chi connectivity index (χ3v) is 4.98. The summed E-state index contributed by atoms with van der Waals surface area (Å²) >= 11 is 0. The van der Waals surface area contributed by atoms with Crippen molar-refractivity contribution in [3.05, 3.63) is 47.9 Å². The third kappa shape index (κ3) is 6.54. The van der Waals surface area contributed by atoms with Gasteiger partial charge >= 0.3 is 12.1 Å². The number of carboxylic acid groups (broad SMARTS) is 1. The smallest absolute Gasteiger partial charge is 0.477 e. The zero-order valence-electron chi connectivity index (χ0n) is 20.9. The van der Waals surface area contributed by atoms with Gasteiger partial charge in [-0.05, 0) is 52.8 Å². The van der Waals surface area contributed by atoms with Crippen LogP contribution in [0.4, 0.5) is 18.9 Å². The number of nitrogens with one attached hydrogen (secondary N) is 1. The second kappa shape index (κ2) is 11.3. The summed E-state index contributed by atoms with van der Waals surface area (Å²) in [7, 11) is 0. The molecule has 0 aliphatic carbocycles. The number of anilines is 1. The number of carbonyl (C=O) groups is 1. The lowest BCUT2D eigenvalue weighted by Gasteiger charge is -2.14. The van der Waals surface area contributed by atoms with Gasteiger partial charge < -0.3 is 19.6 Å². The largest absolute Gasteiger partial charge is 0.490 e. The highest BCUT2D eigenvalue weighted by Gasteiger charge is 2.38. The van der Waals surface area contributed by atoms with Crippen molar-refractivity contribution in [1.29, 1.82) is 0 Å². The molecule has 198 valence electrons. The first-order valence-electron chi connectivity index (χ1n) is 11.3. The highest BCUT2D eigenvalue weighted by molar-refractivity contribution is 5.93. The van der Waals surface area contributed by atoms with E-state index in [1.54, 1.807) is 12.5 Å². The Labute approximate surface area is 210 Å². The minimum absolute atomic E-state index is 0.191. The fraction of sp³-hybridized carbons (Fsp3) is 0.375. The zero-order chi connectivity index (χ0) is 27.3. The topological polar surface area (TPSA) is 128 Å². The fourth-order valence-electron chi connectivity index (χ4n) is 3.42. The van der Waals surface area contributed by atoms with Gasteiger partial charge in [-0.15, -0.1) is 0 Å². The lowest BCUT2D eigenvalue weighted by Crippen LogP contribution is -2.21. The molecule has 13 heteroatoms. The number of aromatic nitrogens is 5. The molecule has 37 heavy (non-hydrogen) atoms. The van der Waals surface area contributed by atoms with Gasteiger partial charge in [0.2, 0.25) is 11.8 Å². The van der Waals surface area contributed by atoms with Crippen molar-refractivity contribution in [3.63, 3.8) is 0 Å². The molecule has 0 saturated carbocycles. The van der Waals surface area contributed by atoms with Crippen molar-refractivity contribution >= 4 is 22.7 Å². The van der Waals surface area contributed by atoms with Gasteiger partial charge in [0.1, 0.15) is 17.3 Å². The van der Waals surface area contributed by atoms with Crippen LogP contribution < -0.4 is 10.1 Å². The van der Waals surface area contributed by atoms with Crippen LogP contribution in [0.5, 0.6) is 5.88 Å². The zero-order valence-corrected chi connectivity index (χ0v) is 20.9. The number of alkyl halides is 3. The van der Waals surface area contributed by atoms with E-state index in [0.29, 0.717) is 24.9 Å². The van der Waals surface area contributed by atoms with Gasteiger partial charge in [0.05, 0.1) is 41.5 Å². The molecule has 4 heterocycles. The molecule has 0 amide bonds. The van der Waals surface area contributed by atoms with Crippen LogP contribution in [0.15, 0.2) is 35.1 Å². The molecular formula is C24H27F3N6O4. The van der Waals surface area contributed by atoms with Crippen molar-refractivity contribution in [2.75, 3.05) is 11.9 Å². The van der Waals surface area contributed by atoms with E-state index < -0.39 is 12.1 Å². The SMILES string of the molecule is CCOc1ncccc1-c1cc(NCc2nc(C)co2)c2c(n1)c(C)nn2C(C)C.O=C(O)C(F)(F)F. The fourth-order valence-corrected chi connectivity index (χ4v) is 3.42. The number of aliphatic carboxylic acids is 1. The molecule has 0 spiro atoms. The third-order valence-electron chi connectivity index (χ3n) is 4.98. The second-order valence-electron chi connectivity index (χ2n) is 8.20. The van der Waals surface area contributed by atoms with Crippen molar-refractivity contribution < 1.29 is 32.2 Å². The molecule has 0 saturated heterocycles. The van der Waals surface area contributed by atoms with Crippen LogP contribution in [0.25, 0.3) is 22.3 Å². The highest BCUT2D eigenvalue weighted by Crippen LogP contribution is 2.34. The number of ether oxygens (including phenoxy) is 1. The van der Waals surface area contributed by atoms with E-state index in [4.69, 9.17) is 29.1 Å². The maximum Gasteiger partial charge on any atom is 0.490 e. The molecule has 0 aromatic carbocycles. The normalized spacial score (nSPS) is 11.4. The van der Waals surface area contributed by atoms with Crippen LogP contribution in [0.1, 0.15) is 44.1 Å². The minimum atomic E-state index is -5.08. The van der Waals surface area contributed by atoms with Crippen LogP contribution in [0, 0.1) is 13.8 Å². The van der Waals surface area contributed by atoms with Gasteiger partial charge in [0.15, 0.2) is 0 Å². The average Bonchev–Trinajstić information content (AvgIpc) is 3.41. The predicted molar refractivity (Wildman–Crippen MR) is 129 cm³/mol. The van der Waals surface area contributed by atoms with Crippen molar-refractivity contribution in [3.8, 4) is 17.1 Å². The van der Waals surface area contributed by atoms with Crippen LogP contribution in [-0.2, 0) is 11.3 Å². The Balaban J connectivity index is 0.000000479. The number of pyridine rings is 2. The standard InChI is InChI=1S/C22H26N6O2.C2HF3O2/c1-6-29-22-16(8-7-9-23-22)17-10-18(24-11-19-25-14(4)12-30-19)21-20(26-17)15(5)27-28(21)13(2)3;3-2(4,5)1(6)7/h7-10,12-13H,6,11H2,1-5H3,(H,24,26);(H,6,7). The first kappa shape index (κ1) is 27.4. The van der Waals surface area contributed by atoms with Gasteiger partial charge in [-0.2, -0.15) is 18.3 Å². The monoisotopic (exact) mass is 520 g/mol. The number of oxazole rings is 1. The van der Waals surface area contributed by atoms with Gasteiger partial charge in [0.25, 0.3) is 0 Å². The molecule has 0 bridgehead atoms. The Hall–Kier alpha value is -4.16. The van der Waals surface area contributed by atoms with Crippen molar-refractivity contribution in [1.82, 2.24) is 24.7 Å². The number of rotatable bonds is 7. The Morgan fingerprint density at radius 1 is 1.27 bits per heavy atom. The summed E-state index contributed by atoms with van der Waals surface area (Å²) in [5.41, 5.74) is 6.05. The van der Waals surface area contributed by atoms with E-state index in [1.165, 1.54) is 0 Å². The number of aryl methyl sites for hydroxylation is 2. The van der Waals surface area contributed by atoms with Crippen LogP contribution >= 0.6 is 0 Å². The lowest BCUT2D eigenvalue weighted by atomic mass is 10.1. The van der Waals surface area contributed by atoms with Crippen LogP contribution in [-0.4, -0.2) is 48.6 Å². The first-order chi connectivity index (χ1) is 17.4. The maximum absolute atomic E-state index is 10.6. The highest BCUT2D eigenvalue weighted by atomic mass is 19.4. The van der Waals surface area contributed by atoms with E-state index in [-0.39, 0.29) is 6.04 Å². The summed E-state index contributed by atoms with van der Waals surface area (Å²) in [6, 6.07) is 6.06. The molecule has 0 fully saturated rings. The van der Waals surface area contributed by atoms with Crippen molar-refractivity contribution in [2.24, 2.45) is 0 Å². The first-order valence-corrected chi connectivity index (χ1v) is 11.3. The predicted octanol–water partition coefficient (Wildman–Crippen LogP) is 5.32. The molecule has 10 nitrogen and oxygen atoms in total. The van der Waals surface area contributed by atoms with Gasteiger partial charge in [-0.3, -0.25) is 4.68 Å². The van der Waals surface area contributed by atoms with Gasteiger partial charge in [0, 0.05) is 12.2 Å².